The summed E-state index contributed by atoms with van der Waals surface area (Å²) in [6.07, 6.45) is 6.23. The summed E-state index contributed by atoms with van der Waals surface area (Å²) in [7, 11) is 0. The van der Waals surface area contributed by atoms with E-state index in [0.717, 1.165) is 0 Å². The number of alkyl halides is 1. The van der Waals surface area contributed by atoms with Gasteiger partial charge in [0.25, 0.3) is 0 Å². The largest absolute Gasteiger partial charge is 0.390 e. The standard InChI is InChI=1S/C29H37Cl2F2N3O3/c1-15(7-6-8-16(30)14-32)23-24(25(37)34-17-11-28(5,39)12-17)36-22(13-27(2,3)4)29(23)18-9-20(33)19(31)10-21(18)35-26(29)38/h6-10,15,17,22-24,36,39H,11-14H2,1-5H3,(H,34,37)(H,35,38)/b7-6-,16-8+/t15?,17?,22-,23+,24-,28?,29+/m1/s1. The summed E-state index contributed by atoms with van der Waals surface area (Å²) in [5, 5.41) is 19.5. The van der Waals surface area contributed by atoms with Crippen molar-refractivity contribution in [2.45, 2.75) is 83.0 Å². The molecule has 1 aromatic carbocycles. The first-order valence-electron chi connectivity index (χ1n) is 13.3. The zero-order valence-corrected chi connectivity index (χ0v) is 24.4. The van der Waals surface area contributed by atoms with Gasteiger partial charge in [0.05, 0.1) is 22.1 Å². The molecule has 0 bridgehead atoms. The lowest BCUT2D eigenvalue weighted by Crippen LogP contribution is -2.58. The van der Waals surface area contributed by atoms with E-state index in [2.05, 4.69) is 16.0 Å². The van der Waals surface area contributed by atoms with Crippen LogP contribution in [-0.2, 0) is 15.0 Å². The maximum absolute atomic E-state index is 14.9. The van der Waals surface area contributed by atoms with Gasteiger partial charge < -0.3 is 21.1 Å². The van der Waals surface area contributed by atoms with Gasteiger partial charge in [-0.1, -0.05) is 63.0 Å². The van der Waals surface area contributed by atoms with Gasteiger partial charge in [0.15, 0.2) is 0 Å². The second-order valence-corrected chi connectivity index (χ2v) is 13.6. The Kier molecular flexibility index (Phi) is 8.27. The number of halogens is 4. The zero-order chi connectivity index (χ0) is 28.9. The van der Waals surface area contributed by atoms with Gasteiger partial charge in [-0.05, 0) is 61.3 Å². The van der Waals surface area contributed by atoms with Gasteiger partial charge in [-0.2, -0.15) is 0 Å². The molecule has 4 rings (SSSR count). The topological polar surface area (TPSA) is 90.5 Å². The number of allylic oxidation sites excluding steroid dienone is 4. The summed E-state index contributed by atoms with van der Waals surface area (Å²) in [4.78, 5) is 27.9. The second kappa shape index (κ2) is 10.8. The van der Waals surface area contributed by atoms with Gasteiger partial charge >= 0.3 is 0 Å². The van der Waals surface area contributed by atoms with Crippen molar-refractivity contribution in [1.29, 1.82) is 0 Å². The fraction of sp³-hybridized carbons (Fsp3) is 0.586. The van der Waals surface area contributed by atoms with Crippen LogP contribution in [0.5, 0.6) is 0 Å². The van der Waals surface area contributed by atoms with Gasteiger partial charge in [-0.15, -0.1) is 0 Å². The van der Waals surface area contributed by atoms with Crippen molar-refractivity contribution in [1.82, 2.24) is 10.6 Å². The van der Waals surface area contributed by atoms with E-state index >= 15 is 0 Å². The zero-order valence-electron chi connectivity index (χ0n) is 22.9. The molecule has 1 aliphatic carbocycles. The molecule has 4 N–H and O–H groups in total. The highest BCUT2D eigenvalue weighted by Crippen LogP contribution is 2.55. The lowest BCUT2D eigenvalue weighted by Gasteiger charge is -2.42. The highest BCUT2D eigenvalue weighted by Gasteiger charge is 2.66. The summed E-state index contributed by atoms with van der Waals surface area (Å²) >= 11 is 11.9. The number of amides is 2. The number of benzene rings is 1. The molecule has 1 unspecified atom stereocenters. The number of carbonyl (C=O) groups excluding carboxylic acids is 2. The Balaban J connectivity index is 1.84. The molecule has 3 aliphatic rings. The Morgan fingerprint density at radius 3 is 2.59 bits per heavy atom. The van der Waals surface area contributed by atoms with Gasteiger partial charge in [-0.3, -0.25) is 9.59 Å². The molecule has 39 heavy (non-hydrogen) atoms. The quantitative estimate of drug-likeness (QED) is 0.324. The van der Waals surface area contributed by atoms with E-state index in [1.165, 1.54) is 18.2 Å². The van der Waals surface area contributed by atoms with Crippen LogP contribution >= 0.6 is 23.2 Å². The van der Waals surface area contributed by atoms with Crippen LogP contribution in [0.3, 0.4) is 0 Å². The Labute approximate surface area is 238 Å². The van der Waals surface area contributed by atoms with Crippen molar-refractivity contribution in [3.63, 3.8) is 0 Å². The molecule has 2 heterocycles. The van der Waals surface area contributed by atoms with Gasteiger partial charge in [0.2, 0.25) is 11.8 Å². The lowest BCUT2D eigenvalue weighted by molar-refractivity contribution is -0.128. The van der Waals surface area contributed by atoms with E-state index in [0.29, 0.717) is 30.5 Å². The van der Waals surface area contributed by atoms with Crippen LogP contribution in [0.2, 0.25) is 5.02 Å². The van der Waals surface area contributed by atoms with Crippen molar-refractivity contribution in [2.75, 3.05) is 12.0 Å². The summed E-state index contributed by atoms with van der Waals surface area (Å²) in [5.74, 6) is -2.29. The van der Waals surface area contributed by atoms with Crippen LogP contribution in [-0.4, -0.2) is 47.3 Å². The maximum atomic E-state index is 14.9. The average Bonchev–Trinajstić information content (AvgIpc) is 3.27. The van der Waals surface area contributed by atoms with Crippen LogP contribution in [0.1, 0.15) is 59.4 Å². The molecule has 1 saturated heterocycles. The van der Waals surface area contributed by atoms with Crippen LogP contribution in [0, 0.1) is 23.1 Å². The predicted molar refractivity (Wildman–Crippen MR) is 150 cm³/mol. The van der Waals surface area contributed by atoms with Crippen molar-refractivity contribution in [3.8, 4) is 0 Å². The molecule has 1 spiro atoms. The van der Waals surface area contributed by atoms with Crippen LogP contribution in [0.25, 0.3) is 0 Å². The molecule has 214 valence electrons. The smallest absolute Gasteiger partial charge is 0.237 e. The molecule has 2 aliphatic heterocycles. The molecule has 10 heteroatoms. The molecular weight excluding hydrogens is 547 g/mol. The molecule has 2 amide bonds. The first-order valence-corrected chi connectivity index (χ1v) is 14.0. The molecule has 5 atom stereocenters. The number of fused-ring (bicyclic) bond motifs is 2. The number of rotatable bonds is 7. The minimum atomic E-state index is -1.29. The van der Waals surface area contributed by atoms with Crippen LogP contribution < -0.4 is 16.0 Å². The Morgan fingerprint density at radius 2 is 2.00 bits per heavy atom. The first-order chi connectivity index (χ1) is 18.1. The molecular formula is C29H37Cl2F2N3O3. The van der Waals surface area contributed by atoms with E-state index in [1.54, 1.807) is 19.1 Å². The van der Waals surface area contributed by atoms with E-state index in [9.17, 15) is 23.5 Å². The highest BCUT2D eigenvalue weighted by molar-refractivity contribution is 6.31. The number of aliphatic hydroxyl groups is 1. The van der Waals surface area contributed by atoms with E-state index in [4.69, 9.17) is 23.2 Å². The predicted octanol–water partition coefficient (Wildman–Crippen LogP) is 5.38. The third-order valence-electron chi connectivity index (χ3n) is 8.15. The average molecular weight is 585 g/mol. The minimum Gasteiger partial charge on any atom is -0.390 e. The fourth-order valence-electron chi connectivity index (χ4n) is 6.65. The van der Waals surface area contributed by atoms with Crippen LogP contribution in [0.4, 0.5) is 14.5 Å². The summed E-state index contributed by atoms with van der Waals surface area (Å²) in [5.41, 5.74) is -1.48. The highest BCUT2D eigenvalue weighted by atomic mass is 35.5. The fourth-order valence-corrected chi connectivity index (χ4v) is 6.88. The lowest BCUT2D eigenvalue weighted by atomic mass is 9.61. The minimum absolute atomic E-state index is 0.0234. The van der Waals surface area contributed by atoms with E-state index in [1.807, 2.05) is 27.7 Å². The third kappa shape index (κ3) is 5.76. The van der Waals surface area contributed by atoms with E-state index in [-0.39, 0.29) is 33.3 Å². The van der Waals surface area contributed by atoms with Crippen molar-refractivity contribution in [2.24, 2.45) is 17.3 Å². The summed E-state index contributed by atoms with van der Waals surface area (Å²) in [6.45, 7) is 8.94. The first kappa shape index (κ1) is 30.0. The van der Waals surface area contributed by atoms with E-state index < -0.39 is 47.4 Å². The number of carbonyl (C=O) groups is 2. The third-order valence-corrected chi connectivity index (χ3v) is 8.67. The molecule has 2 fully saturated rings. The monoisotopic (exact) mass is 583 g/mol. The number of hydrogen-bond acceptors (Lipinski definition) is 4. The summed E-state index contributed by atoms with van der Waals surface area (Å²) in [6, 6.07) is 1.22. The number of anilines is 1. The molecule has 6 nitrogen and oxygen atoms in total. The SMILES string of the molecule is CC(/C=C\C=C(\Cl)CF)[C@H]1[C@H](C(=O)NC2CC(C)(O)C2)N[C@H](CC(C)(C)C)[C@]12C(=O)Nc1cc(Cl)c(F)cc12. The molecule has 1 saturated carbocycles. The normalized spacial score (nSPS) is 33.3. The Morgan fingerprint density at radius 1 is 1.33 bits per heavy atom. The second-order valence-electron chi connectivity index (χ2n) is 12.7. The van der Waals surface area contributed by atoms with Crippen LogP contribution in [0.15, 0.2) is 35.4 Å². The Bertz CT molecular complexity index is 1200. The Hall–Kier alpha value is -2.00. The molecule has 0 radical (unpaired) electrons. The molecule has 0 aromatic heterocycles. The van der Waals surface area contributed by atoms with Gasteiger partial charge in [0.1, 0.15) is 12.5 Å². The van der Waals surface area contributed by atoms with Crippen molar-refractivity contribution >= 4 is 40.7 Å². The van der Waals surface area contributed by atoms with Gasteiger partial charge in [-0.25, -0.2) is 8.78 Å². The van der Waals surface area contributed by atoms with Gasteiger partial charge in [0, 0.05) is 28.7 Å². The maximum Gasteiger partial charge on any atom is 0.237 e. The number of hydrogen-bond donors (Lipinski definition) is 4. The summed E-state index contributed by atoms with van der Waals surface area (Å²) < 4.78 is 27.9. The van der Waals surface area contributed by atoms with Crippen molar-refractivity contribution in [3.05, 3.63) is 51.8 Å². The number of nitrogens with one attached hydrogen (secondary N) is 3. The molecule has 1 aromatic rings. The van der Waals surface area contributed by atoms with Crippen molar-refractivity contribution < 1.29 is 23.5 Å².